The summed E-state index contributed by atoms with van der Waals surface area (Å²) >= 11 is 0. The van der Waals surface area contributed by atoms with Gasteiger partial charge in [0.05, 0.1) is 0 Å². The Morgan fingerprint density at radius 2 is 1.28 bits per heavy atom. The molecule has 3 heteroatoms. The fourth-order valence-electron chi connectivity index (χ4n) is 2.83. The van der Waals surface area contributed by atoms with Gasteiger partial charge < -0.3 is 10.5 Å². The van der Waals surface area contributed by atoms with E-state index in [1.54, 1.807) is 0 Å². The summed E-state index contributed by atoms with van der Waals surface area (Å²) in [6.07, 6.45) is 0. The molecule has 3 nitrogen and oxygen atoms in total. The second-order valence-electron chi connectivity index (χ2n) is 6.05. The van der Waals surface area contributed by atoms with Crippen molar-refractivity contribution in [3.05, 3.63) is 96.1 Å². The van der Waals surface area contributed by atoms with Crippen LogP contribution in [0.25, 0.3) is 0 Å². The number of rotatable bonds is 8. The Labute approximate surface area is 149 Å². The zero-order valence-corrected chi connectivity index (χ0v) is 14.3. The van der Waals surface area contributed by atoms with E-state index in [0.29, 0.717) is 6.54 Å². The Balaban J connectivity index is 1.68. The van der Waals surface area contributed by atoms with Crippen LogP contribution in [0.4, 0.5) is 0 Å². The number of benzene rings is 3. The summed E-state index contributed by atoms with van der Waals surface area (Å²) in [4.78, 5) is 2.36. The van der Waals surface area contributed by atoms with Gasteiger partial charge in [0.2, 0.25) is 0 Å². The van der Waals surface area contributed by atoms with Crippen LogP contribution in [0.3, 0.4) is 0 Å². The fourth-order valence-corrected chi connectivity index (χ4v) is 2.83. The molecule has 0 fully saturated rings. The molecule has 0 aromatic heterocycles. The number of nitrogens with two attached hydrogens (primary N) is 1. The predicted molar refractivity (Wildman–Crippen MR) is 103 cm³/mol. The van der Waals surface area contributed by atoms with Crippen LogP contribution in [-0.2, 0) is 13.1 Å². The van der Waals surface area contributed by atoms with Crippen molar-refractivity contribution in [2.75, 3.05) is 13.1 Å². The smallest absolute Gasteiger partial charge is 0.127 e. The molecular weight excluding hydrogens is 308 g/mol. The van der Waals surface area contributed by atoms with Crippen molar-refractivity contribution in [2.24, 2.45) is 5.73 Å². The lowest BCUT2D eigenvalue weighted by Gasteiger charge is -2.22. The third-order valence-corrected chi connectivity index (χ3v) is 3.98. The van der Waals surface area contributed by atoms with E-state index in [1.807, 2.05) is 48.5 Å². The van der Waals surface area contributed by atoms with E-state index in [1.165, 1.54) is 11.1 Å². The standard InChI is InChI=1S/C22H24N2O/c23-14-15-24(17-19-8-3-1-4-9-19)18-20-10-7-13-22(16-20)25-21-11-5-2-6-12-21/h1-13,16H,14-15,17-18,23H2. The third kappa shape index (κ3) is 5.45. The minimum atomic E-state index is 0.646. The maximum Gasteiger partial charge on any atom is 0.127 e. The molecule has 0 radical (unpaired) electrons. The van der Waals surface area contributed by atoms with Gasteiger partial charge in [0.25, 0.3) is 0 Å². The maximum atomic E-state index is 5.94. The van der Waals surface area contributed by atoms with E-state index >= 15 is 0 Å². The lowest BCUT2D eigenvalue weighted by molar-refractivity contribution is 0.264. The summed E-state index contributed by atoms with van der Waals surface area (Å²) in [5.41, 5.74) is 8.32. The first-order chi connectivity index (χ1) is 12.3. The minimum absolute atomic E-state index is 0.646. The van der Waals surface area contributed by atoms with E-state index < -0.39 is 0 Å². The quantitative estimate of drug-likeness (QED) is 0.663. The van der Waals surface area contributed by atoms with E-state index in [9.17, 15) is 0 Å². The van der Waals surface area contributed by atoms with Gasteiger partial charge in [-0.25, -0.2) is 0 Å². The van der Waals surface area contributed by atoms with Gasteiger partial charge in [-0.2, -0.15) is 0 Å². The average molecular weight is 332 g/mol. The summed E-state index contributed by atoms with van der Waals surface area (Å²) in [6, 6.07) is 28.6. The average Bonchev–Trinajstić information content (AvgIpc) is 2.64. The zero-order chi connectivity index (χ0) is 17.3. The molecule has 25 heavy (non-hydrogen) atoms. The van der Waals surface area contributed by atoms with Crippen molar-refractivity contribution in [2.45, 2.75) is 13.1 Å². The summed E-state index contributed by atoms with van der Waals surface area (Å²) in [5, 5.41) is 0. The van der Waals surface area contributed by atoms with Crippen molar-refractivity contribution in [3.63, 3.8) is 0 Å². The van der Waals surface area contributed by atoms with Crippen LogP contribution in [0.5, 0.6) is 11.5 Å². The highest BCUT2D eigenvalue weighted by Crippen LogP contribution is 2.22. The van der Waals surface area contributed by atoms with E-state index in [-0.39, 0.29) is 0 Å². The first-order valence-electron chi connectivity index (χ1n) is 8.62. The lowest BCUT2D eigenvalue weighted by atomic mass is 10.1. The molecule has 128 valence electrons. The molecule has 0 saturated heterocycles. The van der Waals surface area contributed by atoms with Crippen LogP contribution in [0, 0.1) is 0 Å². The highest BCUT2D eigenvalue weighted by Gasteiger charge is 2.07. The maximum absolute atomic E-state index is 5.94. The Bertz CT molecular complexity index is 759. The van der Waals surface area contributed by atoms with Crippen molar-refractivity contribution < 1.29 is 4.74 Å². The minimum Gasteiger partial charge on any atom is -0.457 e. The number of nitrogens with zero attached hydrogens (tertiary/aromatic N) is 1. The molecule has 2 N–H and O–H groups in total. The molecule has 0 atom stereocenters. The molecular formula is C22H24N2O. The topological polar surface area (TPSA) is 38.5 Å². The highest BCUT2D eigenvalue weighted by atomic mass is 16.5. The number of hydrogen-bond acceptors (Lipinski definition) is 3. The zero-order valence-electron chi connectivity index (χ0n) is 14.3. The molecule has 0 bridgehead atoms. The Hall–Kier alpha value is -2.62. The van der Waals surface area contributed by atoms with Gasteiger partial charge in [-0.3, -0.25) is 4.90 Å². The summed E-state index contributed by atoms with van der Waals surface area (Å²) < 4.78 is 5.94. The van der Waals surface area contributed by atoms with Crippen LogP contribution in [0.2, 0.25) is 0 Å². The lowest BCUT2D eigenvalue weighted by Crippen LogP contribution is -2.28. The van der Waals surface area contributed by atoms with Gasteiger partial charge in [0.15, 0.2) is 0 Å². The van der Waals surface area contributed by atoms with Crippen molar-refractivity contribution in [3.8, 4) is 11.5 Å². The molecule has 3 aromatic rings. The molecule has 0 heterocycles. The largest absolute Gasteiger partial charge is 0.457 e. The molecule has 3 rings (SSSR count). The van der Waals surface area contributed by atoms with Gasteiger partial charge >= 0.3 is 0 Å². The van der Waals surface area contributed by atoms with Crippen LogP contribution < -0.4 is 10.5 Å². The first kappa shape index (κ1) is 17.2. The van der Waals surface area contributed by atoms with Crippen LogP contribution in [0.15, 0.2) is 84.9 Å². The van der Waals surface area contributed by atoms with Crippen molar-refractivity contribution in [1.82, 2.24) is 4.90 Å². The SMILES string of the molecule is NCCN(Cc1ccccc1)Cc1cccc(Oc2ccccc2)c1. The predicted octanol–water partition coefficient (Wildman–Crippen LogP) is 4.44. The Morgan fingerprint density at radius 3 is 2.00 bits per heavy atom. The highest BCUT2D eigenvalue weighted by molar-refractivity contribution is 5.33. The van der Waals surface area contributed by atoms with Crippen LogP contribution in [-0.4, -0.2) is 18.0 Å². The second kappa shape index (κ2) is 9.02. The second-order valence-corrected chi connectivity index (χ2v) is 6.05. The fraction of sp³-hybridized carbons (Fsp3) is 0.182. The van der Waals surface area contributed by atoms with Gasteiger partial charge in [-0.15, -0.1) is 0 Å². The number of hydrogen-bond donors (Lipinski definition) is 1. The van der Waals surface area contributed by atoms with E-state index in [4.69, 9.17) is 10.5 Å². The Morgan fingerprint density at radius 1 is 0.680 bits per heavy atom. The van der Waals surface area contributed by atoms with Gasteiger partial charge in [0, 0.05) is 26.2 Å². The summed E-state index contributed by atoms with van der Waals surface area (Å²) in [7, 11) is 0. The van der Waals surface area contributed by atoms with Crippen LogP contribution >= 0.6 is 0 Å². The third-order valence-electron chi connectivity index (χ3n) is 3.98. The van der Waals surface area contributed by atoms with Crippen molar-refractivity contribution in [1.29, 1.82) is 0 Å². The molecule has 0 saturated carbocycles. The molecule has 0 amide bonds. The van der Waals surface area contributed by atoms with Gasteiger partial charge in [-0.1, -0.05) is 60.7 Å². The summed E-state index contributed by atoms with van der Waals surface area (Å²) in [5.74, 6) is 1.71. The normalized spacial score (nSPS) is 10.8. The van der Waals surface area contributed by atoms with E-state index in [2.05, 4.69) is 41.3 Å². The molecule has 0 aliphatic heterocycles. The molecule has 0 aliphatic carbocycles. The van der Waals surface area contributed by atoms with Gasteiger partial charge in [0.1, 0.15) is 11.5 Å². The number of ether oxygens (including phenoxy) is 1. The number of para-hydroxylation sites is 1. The van der Waals surface area contributed by atoms with Crippen LogP contribution in [0.1, 0.15) is 11.1 Å². The molecule has 0 aliphatic rings. The first-order valence-corrected chi connectivity index (χ1v) is 8.62. The van der Waals surface area contributed by atoms with E-state index in [0.717, 1.165) is 31.1 Å². The molecule has 0 spiro atoms. The monoisotopic (exact) mass is 332 g/mol. The van der Waals surface area contributed by atoms with Gasteiger partial charge in [-0.05, 0) is 35.4 Å². The summed E-state index contributed by atoms with van der Waals surface area (Å²) in [6.45, 7) is 3.24. The Kier molecular flexibility index (Phi) is 6.21. The molecule has 0 unspecified atom stereocenters. The molecule has 3 aromatic carbocycles. The van der Waals surface area contributed by atoms with Crippen molar-refractivity contribution >= 4 is 0 Å².